The number of likely N-dealkylation sites (N-methyl/N-ethyl adjacent to an activating group) is 2. The minimum atomic E-state index is -3.39. The Kier molecular flexibility index (Phi) is 5.19. The molecular formula is C13H22N2O3S2. The standard InChI is InChI=1S/C13H22N2O3S2/c1-4-12-5-6-13(19-12)20(16,17)15(3)10-11-9-14(2)7-8-18-11/h5-6,11H,4,7-10H2,1-3H3. The van der Waals surface area contributed by atoms with Crippen molar-refractivity contribution in [3.05, 3.63) is 17.0 Å². The number of sulfonamides is 1. The van der Waals surface area contributed by atoms with Gasteiger partial charge in [-0.3, -0.25) is 0 Å². The molecule has 1 aromatic rings. The third-order valence-electron chi connectivity index (χ3n) is 3.45. The summed E-state index contributed by atoms with van der Waals surface area (Å²) in [6.45, 7) is 4.75. The molecule has 0 spiro atoms. The van der Waals surface area contributed by atoms with Crippen LogP contribution in [0.1, 0.15) is 11.8 Å². The van der Waals surface area contributed by atoms with Gasteiger partial charge in [0.15, 0.2) is 0 Å². The molecule has 20 heavy (non-hydrogen) atoms. The number of hydrogen-bond acceptors (Lipinski definition) is 5. The highest BCUT2D eigenvalue weighted by atomic mass is 32.2. The molecule has 2 rings (SSSR count). The Bertz CT molecular complexity index is 542. The molecule has 0 aliphatic carbocycles. The van der Waals surface area contributed by atoms with E-state index < -0.39 is 10.0 Å². The van der Waals surface area contributed by atoms with Gasteiger partial charge in [0.05, 0.1) is 12.7 Å². The third kappa shape index (κ3) is 3.59. The number of rotatable bonds is 5. The van der Waals surface area contributed by atoms with Gasteiger partial charge < -0.3 is 9.64 Å². The fraction of sp³-hybridized carbons (Fsp3) is 0.692. The van der Waals surface area contributed by atoms with Crippen LogP contribution in [0, 0.1) is 0 Å². The van der Waals surface area contributed by atoms with E-state index >= 15 is 0 Å². The molecule has 0 saturated carbocycles. The predicted molar refractivity (Wildman–Crippen MR) is 80.7 cm³/mol. The van der Waals surface area contributed by atoms with Crippen LogP contribution in [0.15, 0.2) is 16.3 Å². The van der Waals surface area contributed by atoms with E-state index in [1.54, 1.807) is 13.1 Å². The Morgan fingerprint density at radius 2 is 2.25 bits per heavy atom. The zero-order valence-corrected chi connectivity index (χ0v) is 13.8. The highest BCUT2D eigenvalue weighted by molar-refractivity contribution is 7.91. The van der Waals surface area contributed by atoms with Crippen LogP contribution < -0.4 is 0 Å². The van der Waals surface area contributed by atoms with Crippen LogP contribution in [0.3, 0.4) is 0 Å². The molecule has 1 aromatic heterocycles. The van der Waals surface area contributed by atoms with Crippen molar-refractivity contribution in [3.8, 4) is 0 Å². The second kappa shape index (κ2) is 6.53. The van der Waals surface area contributed by atoms with Gasteiger partial charge in [0.2, 0.25) is 0 Å². The Balaban J connectivity index is 2.05. The molecule has 0 radical (unpaired) electrons. The normalized spacial score (nSPS) is 21.5. The molecule has 1 fully saturated rings. The van der Waals surface area contributed by atoms with E-state index in [2.05, 4.69) is 4.90 Å². The molecule has 5 nitrogen and oxygen atoms in total. The Morgan fingerprint density at radius 3 is 2.85 bits per heavy atom. The first-order valence-corrected chi connectivity index (χ1v) is 9.04. The van der Waals surface area contributed by atoms with E-state index in [4.69, 9.17) is 4.74 Å². The summed E-state index contributed by atoms with van der Waals surface area (Å²) in [7, 11) is 0.256. The fourth-order valence-corrected chi connectivity index (χ4v) is 4.91. The van der Waals surface area contributed by atoms with E-state index in [1.165, 1.54) is 15.6 Å². The summed E-state index contributed by atoms with van der Waals surface area (Å²) >= 11 is 1.35. The lowest BCUT2D eigenvalue weighted by Gasteiger charge is -2.32. The Hall–Kier alpha value is -0.470. The molecule has 0 aromatic carbocycles. The van der Waals surface area contributed by atoms with E-state index in [9.17, 15) is 8.42 Å². The lowest BCUT2D eigenvalue weighted by molar-refractivity contribution is -0.0247. The quantitative estimate of drug-likeness (QED) is 0.820. The van der Waals surface area contributed by atoms with E-state index in [0.717, 1.165) is 24.4 Å². The first-order chi connectivity index (χ1) is 9.43. The average molecular weight is 318 g/mol. The van der Waals surface area contributed by atoms with Gasteiger partial charge >= 0.3 is 0 Å². The average Bonchev–Trinajstić information content (AvgIpc) is 2.88. The second-order valence-corrected chi connectivity index (χ2v) is 8.55. The summed E-state index contributed by atoms with van der Waals surface area (Å²) < 4.78 is 32.4. The minimum absolute atomic E-state index is 0.0564. The maximum atomic E-state index is 12.5. The summed E-state index contributed by atoms with van der Waals surface area (Å²) in [5.41, 5.74) is 0. The zero-order chi connectivity index (χ0) is 14.8. The van der Waals surface area contributed by atoms with E-state index in [0.29, 0.717) is 17.4 Å². The zero-order valence-electron chi connectivity index (χ0n) is 12.2. The van der Waals surface area contributed by atoms with Gasteiger partial charge in [-0.15, -0.1) is 11.3 Å². The SMILES string of the molecule is CCc1ccc(S(=O)(=O)N(C)CC2CN(C)CCO2)s1. The monoisotopic (exact) mass is 318 g/mol. The maximum Gasteiger partial charge on any atom is 0.252 e. The van der Waals surface area contributed by atoms with Crippen LogP contribution in [0.4, 0.5) is 0 Å². The summed E-state index contributed by atoms with van der Waals surface area (Å²) in [6, 6.07) is 3.58. The molecule has 0 bridgehead atoms. The molecule has 114 valence electrons. The van der Waals surface area contributed by atoms with Gasteiger partial charge in [-0.2, -0.15) is 4.31 Å². The Labute approximate surface area is 125 Å². The molecule has 7 heteroatoms. The first kappa shape index (κ1) is 15.9. The highest BCUT2D eigenvalue weighted by Crippen LogP contribution is 2.25. The van der Waals surface area contributed by atoms with Crippen LogP contribution in [-0.2, 0) is 21.2 Å². The molecule has 1 aliphatic heterocycles. The summed E-state index contributed by atoms with van der Waals surface area (Å²) in [5.74, 6) is 0. The summed E-state index contributed by atoms with van der Waals surface area (Å²) in [4.78, 5) is 3.25. The molecule has 1 aliphatic rings. The predicted octanol–water partition coefficient (Wildman–Crippen LogP) is 1.26. The van der Waals surface area contributed by atoms with Crippen LogP contribution in [-0.4, -0.2) is 64.1 Å². The second-order valence-electron chi connectivity index (χ2n) is 5.11. The fourth-order valence-electron chi connectivity index (χ4n) is 2.20. The maximum absolute atomic E-state index is 12.5. The third-order valence-corrected chi connectivity index (χ3v) is 6.97. The topological polar surface area (TPSA) is 49.9 Å². The molecule has 1 atom stereocenters. The van der Waals surface area contributed by atoms with Crippen LogP contribution in [0.5, 0.6) is 0 Å². The van der Waals surface area contributed by atoms with E-state index in [-0.39, 0.29) is 6.10 Å². The molecule has 1 saturated heterocycles. The molecule has 2 heterocycles. The van der Waals surface area contributed by atoms with Crippen molar-refractivity contribution in [1.82, 2.24) is 9.21 Å². The number of ether oxygens (including phenoxy) is 1. The van der Waals surface area contributed by atoms with Crippen molar-refractivity contribution in [2.45, 2.75) is 23.7 Å². The number of aryl methyl sites for hydroxylation is 1. The summed E-state index contributed by atoms with van der Waals surface area (Å²) in [6.07, 6.45) is 0.805. The smallest absolute Gasteiger partial charge is 0.252 e. The van der Waals surface area contributed by atoms with Crippen LogP contribution >= 0.6 is 11.3 Å². The van der Waals surface area contributed by atoms with Gasteiger partial charge in [-0.1, -0.05) is 6.92 Å². The van der Waals surface area contributed by atoms with Crippen LogP contribution in [0.25, 0.3) is 0 Å². The minimum Gasteiger partial charge on any atom is -0.374 e. The van der Waals surface area contributed by atoms with Gasteiger partial charge in [0.25, 0.3) is 10.0 Å². The van der Waals surface area contributed by atoms with Crippen LogP contribution in [0.2, 0.25) is 0 Å². The van der Waals surface area contributed by atoms with Gasteiger partial charge in [-0.25, -0.2) is 8.42 Å². The number of morpholine rings is 1. The van der Waals surface area contributed by atoms with Crippen molar-refractivity contribution in [2.75, 3.05) is 40.3 Å². The van der Waals surface area contributed by atoms with E-state index in [1.807, 2.05) is 20.0 Å². The van der Waals surface area contributed by atoms with Crippen molar-refractivity contribution >= 4 is 21.4 Å². The lowest BCUT2D eigenvalue weighted by Crippen LogP contribution is -2.46. The number of nitrogens with zero attached hydrogens (tertiary/aromatic N) is 2. The van der Waals surface area contributed by atoms with Gasteiger partial charge in [0.1, 0.15) is 4.21 Å². The van der Waals surface area contributed by atoms with Crippen molar-refractivity contribution in [2.24, 2.45) is 0 Å². The molecule has 0 amide bonds. The molecular weight excluding hydrogens is 296 g/mol. The van der Waals surface area contributed by atoms with Gasteiger partial charge in [-0.05, 0) is 25.6 Å². The lowest BCUT2D eigenvalue weighted by atomic mass is 10.3. The molecule has 0 N–H and O–H groups in total. The van der Waals surface area contributed by atoms with Gasteiger partial charge in [0, 0.05) is 31.6 Å². The molecule has 1 unspecified atom stereocenters. The summed E-state index contributed by atoms with van der Waals surface area (Å²) in [5, 5.41) is 0. The number of hydrogen-bond donors (Lipinski definition) is 0. The largest absolute Gasteiger partial charge is 0.374 e. The van der Waals surface area contributed by atoms with Crippen molar-refractivity contribution < 1.29 is 13.2 Å². The number of thiophene rings is 1. The first-order valence-electron chi connectivity index (χ1n) is 6.78. The Morgan fingerprint density at radius 1 is 1.50 bits per heavy atom. The highest BCUT2D eigenvalue weighted by Gasteiger charge is 2.27. The van der Waals surface area contributed by atoms with Crippen molar-refractivity contribution in [3.63, 3.8) is 0 Å². The van der Waals surface area contributed by atoms with Crippen molar-refractivity contribution in [1.29, 1.82) is 0 Å².